The summed E-state index contributed by atoms with van der Waals surface area (Å²) in [5.74, 6) is -4.47. The summed E-state index contributed by atoms with van der Waals surface area (Å²) in [6.45, 7) is 0. The van der Waals surface area contributed by atoms with Gasteiger partial charge in [0.15, 0.2) is 22.5 Å². The van der Waals surface area contributed by atoms with Crippen LogP contribution in [0, 0.1) is 11.6 Å². The van der Waals surface area contributed by atoms with Gasteiger partial charge in [-0.2, -0.15) is 13.2 Å². The summed E-state index contributed by atoms with van der Waals surface area (Å²) in [5.41, 5.74) is -0.294. The normalized spacial score (nSPS) is 12.4. The van der Waals surface area contributed by atoms with Crippen molar-refractivity contribution in [2.75, 3.05) is 0 Å². The summed E-state index contributed by atoms with van der Waals surface area (Å²) in [6, 6.07) is 4.44. The summed E-state index contributed by atoms with van der Waals surface area (Å²) >= 11 is 0. The van der Waals surface area contributed by atoms with E-state index >= 15 is 0 Å². The Labute approximate surface area is 148 Å². The molecule has 0 saturated carbocycles. The molecule has 27 heavy (non-hydrogen) atoms. The van der Waals surface area contributed by atoms with Crippen molar-refractivity contribution in [3.05, 3.63) is 54.0 Å². The highest BCUT2D eigenvalue weighted by Gasteiger charge is 2.37. The van der Waals surface area contributed by atoms with Crippen molar-refractivity contribution in [2.24, 2.45) is 5.14 Å². The van der Waals surface area contributed by atoms with E-state index in [1.54, 1.807) is 0 Å². The molecule has 0 aliphatic rings. The molecule has 3 aromatic rings. The Morgan fingerprint density at radius 1 is 1.04 bits per heavy atom. The van der Waals surface area contributed by atoms with E-state index in [0.717, 1.165) is 30.5 Å². The van der Waals surface area contributed by atoms with Crippen molar-refractivity contribution in [2.45, 2.75) is 11.2 Å². The predicted octanol–water partition coefficient (Wildman–Crippen LogP) is 2.27. The van der Waals surface area contributed by atoms with Crippen LogP contribution in [0.3, 0.4) is 0 Å². The molecule has 0 saturated heterocycles. The maximum atomic E-state index is 13.5. The standard InChI is InChI=1S/C14H8F5N5O2S/c15-9-3-1-7(5-10(9)16)12-22-13(14(17,18)19)23-24(12)8-2-4-11(21-6-8)27(20,25)26/h1-6H,(H2,20,25,26). The smallest absolute Gasteiger partial charge is 0.241 e. The molecule has 0 radical (unpaired) electrons. The van der Waals surface area contributed by atoms with Crippen molar-refractivity contribution < 1.29 is 30.4 Å². The van der Waals surface area contributed by atoms with Gasteiger partial charge in [-0.05, 0) is 30.3 Å². The maximum Gasteiger partial charge on any atom is 0.453 e. The number of aromatic nitrogens is 4. The minimum atomic E-state index is -4.91. The molecular weight excluding hydrogens is 397 g/mol. The Kier molecular flexibility index (Phi) is 4.43. The summed E-state index contributed by atoms with van der Waals surface area (Å²) < 4.78 is 88.7. The summed E-state index contributed by atoms with van der Waals surface area (Å²) in [5, 5.41) is 7.71. The van der Waals surface area contributed by atoms with Gasteiger partial charge in [-0.3, -0.25) is 0 Å². The van der Waals surface area contributed by atoms with E-state index in [4.69, 9.17) is 5.14 Å². The van der Waals surface area contributed by atoms with E-state index in [2.05, 4.69) is 15.1 Å². The van der Waals surface area contributed by atoms with E-state index in [9.17, 15) is 30.4 Å². The molecule has 13 heteroatoms. The molecule has 0 unspecified atom stereocenters. The summed E-state index contributed by atoms with van der Waals surface area (Å²) in [6.07, 6.45) is -4.01. The summed E-state index contributed by atoms with van der Waals surface area (Å²) in [4.78, 5) is 6.88. The molecule has 2 N–H and O–H groups in total. The first-order valence-corrected chi connectivity index (χ1v) is 8.50. The van der Waals surface area contributed by atoms with Crippen LogP contribution < -0.4 is 5.14 Å². The molecule has 0 amide bonds. The number of alkyl halides is 3. The van der Waals surface area contributed by atoms with Crippen LogP contribution in [0.15, 0.2) is 41.6 Å². The Morgan fingerprint density at radius 3 is 2.26 bits per heavy atom. The zero-order valence-corrected chi connectivity index (χ0v) is 13.8. The molecule has 2 aromatic heterocycles. The number of nitrogens with two attached hydrogens (primary N) is 1. The quantitative estimate of drug-likeness (QED) is 0.674. The van der Waals surface area contributed by atoms with Gasteiger partial charge in [0.1, 0.15) is 0 Å². The Balaban J connectivity index is 2.19. The molecule has 0 spiro atoms. The third-order valence-electron chi connectivity index (χ3n) is 3.30. The van der Waals surface area contributed by atoms with Crippen molar-refractivity contribution in [1.82, 2.24) is 19.7 Å². The van der Waals surface area contributed by atoms with Crippen LogP contribution >= 0.6 is 0 Å². The van der Waals surface area contributed by atoms with Gasteiger partial charge in [0.05, 0.1) is 11.9 Å². The number of primary sulfonamides is 1. The molecule has 3 rings (SSSR count). The molecule has 0 fully saturated rings. The summed E-state index contributed by atoms with van der Waals surface area (Å²) in [7, 11) is -4.12. The fourth-order valence-electron chi connectivity index (χ4n) is 2.10. The van der Waals surface area contributed by atoms with Gasteiger partial charge in [0.25, 0.3) is 15.8 Å². The lowest BCUT2D eigenvalue weighted by Crippen LogP contribution is -2.14. The second kappa shape index (κ2) is 6.35. The highest BCUT2D eigenvalue weighted by molar-refractivity contribution is 7.89. The topological polar surface area (TPSA) is 104 Å². The van der Waals surface area contributed by atoms with Gasteiger partial charge >= 0.3 is 6.18 Å². The van der Waals surface area contributed by atoms with Crippen molar-refractivity contribution in [3.63, 3.8) is 0 Å². The molecule has 0 aliphatic heterocycles. The average Bonchev–Trinajstić information content (AvgIpc) is 3.02. The molecule has 0 bridgehead atoms. The zero-order valence-electron chi connectivity index (χ0n) is 12.9. The molecule has 2 heterocycles. The number of sulfonamides is 1. The number of rotatable bonds is 3. The van der Waals surface area contributed by atoms with E-state index < -0.39 is 44.5 Å². The first kappa shape index (κ1) is 18.8. The average molecular weight is 405 g/mol. The first-order valence-electron chi connectivity index (χ1n) is 6.96. The lowest BCUT2D eigenvalue weighted by atomic mass is 10.2. The van der Waals surface area contributed by atoms with Crippen molar-refractivity contribution in [3.8, 4) is 17.1 Å². The second-order valence-corrected chi connectivity index (χ2v) is 6.71. The largest absolute Gasteiger partial charge is 0.453 e. The van der Waals surface area contributed by atoms with Crippen LogP contribution in [0.5, 0.6) is 0 Å². The van der Waals surface area contributed by atoms with Gasteiger partial charge in [-0.25, -0.2) is 37.0 Å². The highest BCUT2D eigenvalue weighted by Crippen LogP contribution is 2.30. The van der Waals surface area contributed by atoms with E-state index in [1.165, 1.54) is 0 Å². The molecule has 7 nitrogen and oxygen atoms in total. The fraction of sp³-hybridized carbons (Fsp3) is 0.0714. The van der Waals surface area contributed by atoms with E-state index in [-0.39, 0.29) is 11.3 Å². The number of pyridine rings is 1. The minimum absolute atomic E-state index is 0.106. The molecule has 0 aliphatic carbocycles. The van der Waals surface area contributed by atoms with Crippen molar-refractivity contribution in [1.29, 1.82) is 0 Å². The number of benzene rings is 1. The molecule has 0 atom stereocenters. The van der Waals surface area contributed by atoms with Crippen LogP contribution in [-0.2, 0) is 16.2 Å². The first-order chi connectivity index (χ1) is 12.5. The van der Waals surface area contributed by atoms with Gasteiger partial charge in [0.2, 0.25) is 0 Å². The van der Waals surface area contributed by atoms with E-state index in [0.29, 0.717) is 10.7 Å². The van der Waals surface area contributed by atoms with Crippen LogP contribution in [0.4, 0.5) is 22.0 Å². The third kappa shape index (κ3) is 3.78. The van der Waals surface area contributed by atoms with Gasteiger partial charge in [-0.15, -0.1) is 5.10 Å². The van der Waals surface area contributed by atoms with Gasteiger partial charge in [-0.1, -0.05) is 0 Å². The molecular formula is C14H8F5N5O2S. The zero-order chi connectivity index (χ0) is 20.0. The monoisotopic (exact) mass is 405 g/mol. The van der Waals surface area contributed by atoms with Crippen LogP contribution in [-0.4, -0.2) is 28.2 Å². The van der Waals surface area contributed by atoms with Crippen LogP contribution in [0.2, 0.25) is 0 Å². The number of hydrogen-bond donors (Lipinski definition) is 1. The Morgan fingerprint density at radius 2 is 1.74 bits per heavy atom. The predicted molar refractivity (Wildman–Crippen MR) is 80.9 cm³/mol. The highest BCUT2D eigenvalue weighted by atomic mass is 32.2. The third-order valence-corrected chi connectivity index (χ3v) is 4.12. The number of hydrogen-bond acceptors (Lipinski definition) is 5. The minimum Gasteiger partial charge on any atom is -0.241 e. The molecule has 142 valence electrons. The fourth-order valence-corrected chi connectivity index (χ4v) is 2.56. The number of halogens is 5. The number of nitrogens with zero attached hydrogens (tertiary/aromatic N) is 4. The molecule has 1 aromatic carbocycles. The van der Waals surface area contributed by atoms with Crippen LogP contribution in [0.1, 0.15) is 5.82 Å². The van der Waals surface area contributed by atoms with Gasteiger partial charge in [0, 0.05) is 5.56 Å². The second-order valence-electron chi connectivity index (χ2n) is 5.20. The lowest BCUT2D eigenvalue weighted by molar-refractivity contribution is -0.144. The Bertz CT molecular complexity index is 1110. The van der Waals surface area contributed by atoms with Gasteiger partial charge < -0.3 is 0 Å². The SMILES string of the molecule is NS(=O)(=O)c1ccc(-n2nc(C(F)(F)F)nc2-c2ccc(F)c(F)c2)cn1. The lowest BCUT2D eigenvalue weighted by Gasteiger charge is -2.06. The Hall–Kier alpha value is -2.93. The van der Waals surface area contributed by atoms with Crippen molar-refractivity contribution >= 4 is 10.0 Å². The van der Waals surface area contributed by atoms with E-state index in [1.807, 2.05) is 0 Å². The van der Waals surface area contributed by atoms with Crippen LogP contribution in [0.25, 0.3) is 17.1 Å². The maximum absolute atomic E-state index is 13.5.